The van der Waals surface area contributed by atoms with E-state index in [1.807, 2.05) is 29.0 Å². The van der Waals surface area contributed by atoms with Crippen LogP contribution in [0.3, 0.4) is 0 Å². The van der Waals surface area contributed by atoms with Gasteiger partial charge in [-0.15, -0.1) is 11.3 Å². The normalized spacial score (nSPS) is 27.2. The second-order valence-corrected chi connectivity index (χ2v) is 11.4. The molecule has 4 heterocycles. The van der Waals surface area contributed by atoms with Crippen molar-refractivity contribution in [1.82, 2.24) is 24.4 Å². The molecule has 1 aliphatic carbocycles. The first-order valence-electron chi connectivity index (χ1n) is 12.5. The largest absolute Gasteiger partial charge is 0.390 e. The second kappa shape index (κ2) is 9.84. The molecule has 1 saturated carbocycles. The average molecular weight is 524 g/mol. The Bertz CT molecular complexity index is 1360. The lowest BCUT2D eigenvalue weighted by Gasteiger charge is -2.34. The third-order valence-electron chi connectivity index (χ3n) is 7.87. The second-order valence-electron chi connectivity index (χ2n) is 10.2. The molecule has 0 spiro atoms. The summed E-state index contributed by atoms with van der Waals surface area (Å²) in [7, 11) is 2.13. The Labute approximate surface area is 219 Å². The molecule has 6 rings (SSSR count). The number of rotatable bonds is 5. The van der Waals surface area contributed by atoms with E-state index in [-0.39, 0.29) is 17.2 Å². The van der Waals surface area contributed by atoms with E-state index < -0.39 is 12.2 Å². The number of hydrogen-bond acceptors (Lipinski definition) is 7. The number of benzene rings is 1. The van der Waals surface area contributed by atoms with Crippen molar-refractivity contribution in [1.29, 1.82) is 0 Å². The van der Waals surface area contributed by atoms with Crippen molar-refractivity contribution in [3.8, 4) is 10.6 Å². The number of nitrogens with zero attached hydrogens (tertiary/aromatic N) is 5. The van der Waals surface area contributed by atoms with Gasteiger partial charge in [0.2, 0.25) is 5.28 Å². The summed E-state index contributed by atoms with van der Waals surface area (Å²) in [5.41, 5.74) is 3.82. The fourth-order valence-corrected chi connectivity index (χ4v) is 7.06. The van der Waals surface area contributed by atoms with Gasteiger partial charge in [-0.05, 0) is 61.9 Å². The maximum absolute atomic E-state index is 11.2. The molecule has 9 heteroatoms. The van der Waals surface area contributed by atoms with E-state index >= 15 is 0 Å². The number of fused-ring (bicyclic) bond motifs is 1. The van der Waals surface area contributed by atoms with Gasteiger partial charge in [-0.3, -0.25) is 0 Å². The van der Waals surface area contributed by atoms with Crippen LogP contribution in [0.2, 0.25) is 5.28 Å². The van der Waals surface area contributed by atoms with E-state index in [4.69, 9.17) is 16.6 Å². The van der Waals surface area contributed by atoms with Crippen molar-refractivity contribution in [2.24, 2.45) is 11.8 Å². The Morgan fingerprint density at radius 1 is 1.14 bits per heavy atom. The quantitative estimate of drug-likeness (QED) is 0.376. The minimum absolute atomic E-state index is 0.0447. The van der Waals surface area contributed by atoms with Crippen molar-refractivity contribution in [2.45, 2.75) is 43.9 Å². The third kappa shape index (κ3) is 4.46. The smallest absolute Gasteiger partial charge is 0.224 e. The van der Waals surface area contributed by atoms with Crippen molar-refractivity contribution in [3.63, 3.8) is 0 Å². The summed E-state index contributed by atoms with van der Waals surface area (Å²) in [4.78, 5) is 16.0. The Morgan fingerprint density at radius 2 is 1.97 bits per heavy atom. The summed E-state index contributed by atoms with van der Waals surface area (Å²) in [5, 5.41) is 26.2. The van der Waals surface area contributed by atoms with Crippen molar-refractivity contribution >= 4 is 34.0 Å². The molecule has 2 fully saturated rings. The first-order chi connectivity index (χ1) is 17.5. The summed E-state index contributed by atoms with van der Waals surface area (Å²) in [6, 6.07) is 10.0. The van der Waals surface area contributed by atoms with E-state index in [0.717, 1.165) is 54.0 Å². The standard InChI is InChI=1S/C27H30ClN5O2S/c1-32-9-5-8-17(13-32)19-11-22(24(35)23(19)34)33-14-21(20-12-29-27(28)31-25(20)33)26-30-18(15-36-26)10-16-6-3-2-4-7-16/h2-4,6-7,12,14-15,17,19,22-24,34-35H,5,8-11,13H2,1H3/t17?,19?,22-,23-,24+/m1/s1. The number of likely N-dealkylation sites (tertiary alicyclic amines) is 1. The van der Waals surface area contributed by atoms with Gasteiger partial charge in [0.25, 0.3) is 0 Å². The number of halogens is 1. The molecule has 2 N–H and O–H groups in total. The molecule has 2 aliphatic rings. The van der Waals surface area contributed by atoms with Crippen LogP contribution >= 0.6 is 22.9 Å². The predicted octanol–water partition coefficient (Wildman–Crippen LogP) is 4.42. The third-order valence-corrected chi connectivity index (χ3v) is 8.98. The highest BCUT2D eigenvalue weighted by atomic mass is 35.5. The topological polar surface area (TPSA) is 87.3 Å². The lowest BCUT2D eigenvalue weighted by molar-refractivity contribution is -0.0125. The van der Waals surface area contributed by atoms with Crippen molar-refractivity contribution < 1.29 is 10.2 Å². The van der Waals surface area contributed by atoms with Gasteiger partial charge >= 0.3 is 0 Å². The molecule has 36 heavy (non-hydrogen) atoms. The minimum atomic E-state index is -0.871. The monoisotopic (exact) mass is 523 g/mol. The van der Waals surface area contributed by atoms with Gasteiger partial charge in [0.1, 0.15) is 16.8 Å². The van der Waals surface area contributed by atoms with Crippen LogP contribution in [0.1, 0.15) is 36.6 Å². The van der Waals surface area contributed by atoms with Crippen LogP contribution < -0.4 is 0 Å². The van der Waals surface area contributed by atoms with Crippen LogP contribution in [0.25, 0.3) is 21.6 Å². The zero-order valence-corrected chi connectivity index (χ0v) is 21.7. The van der Waals surface area contributed by atoms with E-state index in [0.29, 0.717) is 18.0 Å². The van der Waals surface area contributed by atoms with E-state index in [9.17, 15) is 10.2 Å². The maximum atomic E-state index is 11.2. The maximum Gasteiger partial charge on any atom is 0.224 e. The molecule has 0 amide bonds. The first kappa shape index (κ1) is 24.0. The van der Waals surface area contributed by atoms with Crippen LogP contribution in [0, 0.1) is 11.8 Å². The van der Waals surface area contributed by atoms with Gasteiger partial charge in [-0.1, -0.05) is 30.3 Å². The van der Waals surface area contributed by atoms with Crippen LogP contribution in [0.5, 0.6) is 0 Å². The predicted molar refractivity (Wildman–Crippen MR) is 142 cm³/mol. The Morgan fingerprint density at radius 3 is 2.78 bits per heavy atom. The number of thiazole rings is 1. The lowest BCUT2D eigenvalue weighted by atomic mass is 9.83. The lowest BCUT2D eigenvalue weighted by Crippen LogP contribution is -2.39. The first-order valence-corrected chi connectivity index (χ1v) is 13.8. The van der Waals surface area contributed by atoms with Crippen LogP contribution in [-0.2, 0) is 6.42 Å². The molecule has 5 atom stereocenters. The number of hydrogen-bond donors (Lipinski definition) is 2. The molecular formula is C27H30ClN5O2S. The molecule has 0 bridgehead atoms. The van der Waals surface area contributed by atoms with E-state index in [1.165, 1.54) is 5.56 Å². The molecule has 2 unspecified atom stereocenters. The van der Waals surface area contributed by atoms with E-state index in [1.54, 1.807) is 17.5 Å². The average Bonchev–Trinajstić information content (AvgIpc) is 3.56. The summed E-state index contributed by atoms with van der Waals surface area (Å²) < 4.78 is 2.00. The van der Waals surface area contributed by atoms with E-state index in [2.05, 4.69) is 39.4 Å². The number of aliphatic hydroxyl groups excluding tert-OH is 2. The minimum Gasteiger partial charge on any atom is -0.390 e. The molecular weight excluding hydrogens is 494 g/mol. The van der Waals surface area contributed by atoms with Gasteiger partial charge in [0.05, 0.1) is 17.8 Å². The molecule has 4 aromatic rings. The highest BCUT2D eigenvalue weighted by Gasteiger charge is 2.46. The zero-order valence-electron chi connectivity index (χ0n) is 20.2. The number of aliphatic hydroxyl groups is 2. The zero-order chi connectivity index (χ0) is 24.8. The number of aromatic nitrogens is 4. The fraction of sp³-hybridized carbons (Fsp3) is 0.444. The molecule has 1 aromatic carbocycles. The SMILES string of the molecule is CN1CCCC(C2C[C@@H](n3cc(-c4nc(Cc5ccccc5)cs4)c4cnc(Cl)nc43)[C@H](O)[C@@H]2O)C1. The molecule has 1 aliphatic heterocycles. The van der Waals surface area contributed by atoms with Gasteiger partial charge in [-0.2, -0.15) is 4.98 Å². The Balaban J connectivity index is 1.34. The van der Waals surface area contributed by atoms with Gasteiger partial charge in [-0.25, -0.2) is 9.97 Å². The van der Waals surface area contributed by atoms with Crippen molar-refractivity contribution in [3.05, 3.63) is 64.6 Å². The summed E-state index contributed by atoms with van der Waals surface area (Å²) in [6.45, 7) is 2.04. The summed E-state index contributed by atoms with van der Waals surface area (Å²) in [6.07, 6.45) is 5.79. The highest BCUT2D eigenvalue weighted by molar-refractivity contribution is 7.13. The fourth-order valence-electron chi connectivity index (χ4n) is 6.09. The molecule has 0 radical (unpaired) electrons. The van der Waals surface area contributed by atoms with Crippen LogP contribution in [0.15, 0.2) is 48.1 Å². The molecule has 188 valence electrons. The Hall–Kier alpha value is -2.36. The van der Waals surface area contributed by atoms with Crippen LogP contribution in [-0.4, -0.2) is 67.0 Å². The molecule has 7 nitrogen and oxygen atoms in total. The molecule has 3 aromatic heterocycles. The van der Waals surface area contributed by atoms with Crippen molar-refractivity contribution in [2.75, 3.05) is 20.1 Å². The summed E-state index contributed by atoms with van der Waals surface area (Å²) >= 11 is 7.80. The van der Waals surface area contributed by atoms with Gasteiger partial charge in [0, 0.05) is 41.7 Å². The summed E-state index contributed by atoms with van der Waals surface area (Å²) in [5.74, 6) is 0.417. The van der Waals surface area contributed by atoms with Gasteiger partial charge < -0.3 is 19.7 Å². The van der Waals surface area contributed by atoms with Crippen LogP contribution in [0.4, 0.5) is 0 Å². The number of piperidine rings is 1. The van der Waals surface area contributed by atoms with Gasteiger partial charge in [0.15, 0.2) is 0 Å². The Kier molecular flexibility index (Phi) is 6.56. The molecule has 1 saturated heterocycles. The highest BCUT2D eigenvalue weighted by Crippen LogP contribution is 2.44.